The molecule has 4 heterocycles. The van der Waals surface area contributed by atoms with Gasteiger partial charge >= 0.3 is 0 Å². The molecule has 0 N–H and O–H groups in total. The maximum absolute atomic E-state index is 7.28. The van der Waals surface area contributed by atoms with Gasteiger partial charge < -0.3 is 52.1 Å². The first-order valence-corrected chi connectivity index (χ1v) is 24.7. The largest absolute Gasteiger partial charge is 0.374 e. The monoisotopic (exact) mass is 971 g/mol. The van der Waals surface area contributed by atoms with Gasteiger partial charge in [-0.05, 0) is 39.9 Å². The van der Waals surface area contributed by atoms with Crippen molar-refractivity contribution in [2.75, 3.05) is 13.2 Å². The molecule has 0 amide bonds. The van der Waals surface area contributed by atoms with Gasteiger partial charge in [0.05, 0.1) is 58.5 Å². The molecule has 372 valence electrons. The molecule has 72 heavy (non-hydrogen) atoms. The highest BCUT2D eigenvalue weighted by Gasteiger charge is 2.55. The fourth-order valence-corrected chi connectivity index (χ4v) is 9.22. The smallest absolute Gasteiger partial charge is 0.190 e. The number of hydrogen-bond acceptors (Lipinski definition) is 12. The highest BCUT2D eigenvalue weighted by molar-refractivity contribution is 5.19. The summed E-state index contributed by atoms with van der Waals surface area (Å²) in [6.45, 7) is 1.84. The Morgan fingerprint density at radius 3 is 1.38 bits per heavy atom. The summed E-state index contributed by atoms with van der Waals surface area (Å²) in [5.41, 5.74) is 6.54. The highest BCUT2D eigenvalue weighted by atomic mass is 16.8. The second-order valence-electron chi connectivity index (χ2n) is 18.0. The van der Waals surface area contributed by atoms with E-state index in [0.717, 1.165) is 39.1 Å². The summed E-state index contributed by atoms with van der Waals surface area (Å²) in [7, 11) is 0. The van der Waals surface area contributed by atoms with Crippen LogP contribution in [0.15, 0.2) is 206 Å². The molecule has 1 aromatic heterocycles. The summed E-state index contributed by atoms with van der Waals surface area (Å²) < 4.78 is 76.1. The first kappa shape index (κ1) is 49.6. The van der Waals surface area contributed by atoms with Crippen molar-refractivity contribution < 1.29 is 52.1 Å². The van der Waals surface area contributed by atoms with E-state index in [0.29, 0.717) is 6.61 Å². The van der Waals surface area contributed by atoms with E-state index in [2.05, 4.69) is 4.98 Å². The lowest BCUT2D eigenvalue weighted by Crippen LogP contribution is -2.66. The van der Waals surface area contributed by atoms with Gasteiger partial charge in [0.2, 0.25) is 0 Å². The second-order valence-corrected chi connectivity index (χ2v) is 18.0. The van der Waals surface area contributed by atoms with Crippen molar-refractivity contribution in [3.8, 4) is 0 Å². The Hall–Kier alpha value is -5.97. The average Bonchev–Trinajstić information content (AvgIpc) is 3.44. The van der Waals surface area contributed by atoms with E-state index >= 15 is 0 Å². The summed E-state index contributed by atoms with van der Waals surface area (Å²) in [6.07, 6.45) is -6.99. The molecule has 7 aromatic rings. The minimum atomic E-state index is -1.11. The number of ether oxygens (including phenoxy) is 11. The van der Waals surface area contributed by atoms with Gasteiger partial charge in [-0.3, -0.25) is 4.98 Å². The Morgan fingerprint density at radius 2 is 0.847 bits per heavy atom. The Bertz CT molecular complexity index is 2610. The molecule has 3 aliphatic rings. The van der Waals surface area contributed by atoms with Crippen molar-refractivity contribution in [1.29, 1.82) is 0 Å². The molecule has 0 spiro atoms. The standard InChI is InChI=1S/C60H61NO11/c1-7-21-43(22-8-1)35-62-41-50-52(67-40-49-33-19-20-34-61-49)54(63-36-44-23-9-2-10-24-44)56(65-38-46-27-13-4-14-28-46)59(69-50)72-60-57(66-39-47-29-15-5-16-30-47)55(64-37-45-25-11-3-12-26-45)53-51(70-60)42-68-58(71-53)48-31-17-6-18-32-48/h1-34,50-60H,35-42H2/t50-,51-,52-,53+,54+,55+,56-,57-,58?,59-,60-/m1/s1. The van der Waals surface area contributed by atoms with Crippen molar-refractivity contribution in [3.05, 3.63) is 245 Å². The zero-order chi connectivity index (χ0) is 48.6. The molecule has 11 atom stereocenters. The molecule has 3 fully saturated rings. The number of nitrogens with zero attached hydrogens (tertiary/aromatic N) is 1. The molecule has 0 bridgehead atoms. The summed E-state index contributed by atoms with van der Waals surface area (Å²) >= 11 is 0. The second kappa shape index (κ2) is 25.6. The molecular weight excluding hydrogens is 911 g/mol. The third-order valence-corrected chi connectivity index (χ3v) is 12.9. The summed E-state index contributed by atoms with van der Waals surface area (Å²) in [6, 6.07) is 65.8. The lowest BCUT2D eigenvalue weighted by atomic mass is 9.96. The summed E-state index contributed by atoms with van der Waals surface area (Å²) in [4.78, 5) is 4.58. The fourth-order valence-electron chi connectivity index (χ4n) is 9.22. The molecule has 0 aliphatic carbocycles. The van der Waals surface area contributed by atoms with E-state index in [1.807, 2.05) is 200 Å². The molecule has 3 aliphatic heterocycles. The van der Waals surface area contributed by atoms with Gasteiger partial charge in [-0.2, -0.15) is 0 Å². The van der Waals surface area contributed by atoms with Crippen LogP contribution in [-0.2, 0) is 91.7 Å². The van der Waals surface area contributed by atoms with Crippen LogP contribution in [0.5, 0.6) is 0 Å². The van der Waals surface area contributed by atoms with E-state index < -0.39 is 67.7 Å². The van der Waals surface area contributed by atoms with Gasteiger partial charge in [0, 0.05) is 11.8 Å². The third-order valence-electron chi connectivity index (χ3n) is 12.9. The Balaban J connectivity index is 1.02. The molecule has 10 rings (SSSR count). The maximum atomic E-state index is 7.28. The lowest BCUT2D eigenvalue weighted by molar-refractivity contribution is -0.411. The molecule has 12 heteroatoms. The Kier molecular flexibility index (Phi) is 17.6. The van der Waals surface area contributed by atoms with Crippen molar-refractivity contribution in [2.24, 2.45) is 0 Å². The lowest BCUT2D eigenvalue weighted by Gasteiger charge is -2.51. The van der Waals surface area contributed by atoms with Crippen molar-refractivity contribution in [1.82, 2.24) is 4.98 Å². The number of rotatable bonds is 22. The number of pyridine rings is 1. The van der Waals surface area contributed by atoms with Crippen molar-refractivity contribution in [3.63, 3.8) is 0 Å². The normalized spacial score (nSPS) is 26.1. The van der Waals surface area contributed by atoms with Crippen molar-refractivity contribution >= 4 is 0 Å². The van der Waals surface area contributed by atoms with Gasteiger partial charge in [-0.25, -0.2) is 0 Å². The zero-order valence-corrected chi connectivity index (χ0v) is 40.1. The number of aromatic nitrogens is 1. The van der Waals surface area contributed by atoms with E-state index in [4.69, 9.17) is 52.1 Å². The third kappa shape index (κ3) is 13.4. The minimum absolute atomic E-state index is 0.133. The predicted molar refractivity (Wildman–Crippen MR) is 267 cm³/mol. The molecule has 0 radical (unpaired) electrons. The highest BCUT2D eigenvalue weighted by Crippen LogP contribution is 2.40. The van der Waals surface area contributed by atoms with Crippen LogP contribution >= 0.6 is 0 Å². The van der Waals surface area contributed by atoms with Crippen LogP contribution in [-0.4, -0.2) is 79.6 Å². The quantitative estimate of drug-likeness (QED) is 0.0644. The van der Waals surface area contributed by atoms with Crippen LogP contribution in [0.1, 0.15) is 45.4 Å². The van der Waals surface area contributed by atoms with Crippen LogP contribution in [0.4, 0.5) is 0 Å². The molecule has 1 unspecified atom stereocenters. The number of fused-ring (bicyclic) bond motifs is 1. The first-order valence-electron chi connectivity index (χ1n) is 24.7. The Morgan fingerprint density at radius 1 is 0.403 bits per heavy atom. The molecular formula is C60H61NO11. The van der Waals surface area contributed by atoms with Crippen LogP contribution < -0.4 is 0 Å². The van der Waals surface area contributed by atoms with Gasteiger partial charge in [-0.1, -0.05) is 188 Å². The van der Waals surface area contributed by atoms with Gasteiger partial charge in [0.15, 0.2) is 18.9 Å². The summed E-state index contributed by atoms with van der Waals surface area (Å²) in [5, 5.41) is 0. The van der Waals surface area contributed by atoms with Crippen LogP contribution in [0, 0.1) is 0 Å². The molecule has 0 saturated carbocycles. The molecule has 6 aromatic carbocycles. The van der Waals surface area contributed by atoms with E-state index in [1.165, 1.54) is 0 Å². The predicted octanol–water partition coefficient (Wildman–Crippen LogP) is 10.1. The van der Waals surface area contributed by atoms with Gasteiger partial charge in [0.1, 0.15) is 48.8 Å². The Labute approximate surface area is 421 Å². The van der Waals surface area contributed by atoms with Crippen LogP contribution in [0.3, 0.4) is 0 Å². The van der Waals surface area contributed by atoms with Gasteiger partial charge in [-0.15, -0.1) is 0 Å². The van der Waals surface area contributed by atoms with Gasteiger partial charge in [0.25, 0.3) is 0 Å². The number of hydrogen-bond donors (Lipinski definition) is 0. The zero-order valence-electron chi connectivity index (χ0n) is 40.1. The molecule has 3 saturated heterocycles. The SMILES string of the molecule is c1ccc(COC[C@H]2O[C@H](O[C@H]3O[C@@H]4COC(c5ccccc5)O[C@@H]4[C@H](OCc4ccccc4)[C@H]3OCc3ccccc3)[C@H](OCc3ccccc3)[C@@H](OCc3ccccc3)[C@@H]2OCc2ccccn2)cc1. The topological polar surface area (TPSA) is 114 Å². The van der Waals surface area contributed by atoms with Crippen LogP contribution in [0.25, 0.3) is 0 Å². The van der Waals surface area contributed by atoms with E-state index in [-0.39, 0.29) is 46.2 Å². The number of benzene rings is 6. The fraction of sp³-hybridized carbons (Fsp3) is 0.317. The molecule has 12 nitrogen and oxygen atoms in total. The summed E-state index contributed by atoms with van der Waals surface area (Å²) in [5.74, 6) is 0. The first-order chi connectivity index (χ1) is 35.7. The average molecular weight is 972 g/mol. The van der Waals surface area contributed by atoms with Crippen molar-refractivity contribution in [2.45, 2.75) is 107 Å². The van der Waals surface area contributed by atoms with Crippen LogP contribution in [0.2, 0.25) is 0 Å². The van der Waals surface area contributed by atoms with E-state index in [9.17, 15) is 0 Å². The minimum Gasteiger partial charge on any atom is -0.374 e. The maximum Gasteiger partial charge on any atom is 0.190 e. The van der Waals surface area contributed by atoms with E-state index in [1.54, 1.807) is 6.20 Å².